The Morgan fingerprint density at radius 1 is 1.24 bits per heavy atom. The first-order valence-electron chi connectivity index (χ1n) is 6.85. The molecule has 2 aromatic rings. The number of aromatic nitrogens is 4. The van der Waals surface area contributed by atoms with Gasteiger partial charge in [0.25, 0.3) is 0 Å². The Bertz CT molecular complexity index is 588. The van der Waals surface area contributed by atoms with E-state index in [2.05, 4.69) is 37.5 Å². The maximum atomic E-state index is 5.11. The summed E-state index contributed by atoms with van der Waals surface area (Å²) in [5.74, 6) is 0.981. The van der Waals surface area contributed by atoms with Crippen LogP contribution in [0, 0.1) is 6.92 Å². The summed E-state index contributed by atoms with van der Waals surface area (Å²) < 4.78 is 5.11. The lowest BCUT2D eigenvalue weighted by Gasteiger charge is -2.12. The highest BCUT2D eigenvalue weighted by atomic mass is 32.1. The predicted octanol–water partition coefficient (Wildman–Crippen LogP) is 2.64. The standard InChI is InChI=1S/C13H20N6OS/c1-5-6-14-11-17-12(19-13(18-11)20-4)16-9(3)10-15-8(2)7-21-10/h7,9H,5-6H2,1-4H3,(H2,14,16,17,18,19). The zero-order valence-corrected chi connectivity index (χ0v) is 13.5. The van der Waals surface area contributed by atoms with Gasteiger partial charge in [-0.25, -0.2) is 4.98 Å². The fraction of sp³-hybridized carbons (Fsp3) is 0.538. The molecule has 2 aromatic heterocycles. The van der Waals surface area contributed by atoms with E-state index in [4.69, 9.17) is 4.74 Å². The van der Waals surface area contributed by atoms with E-state index in [1.165, 1.54) is 7.11 Å². The van der Waals surface area contributed by atoms with E-state index in [9.17, 15) is 0 Å². The van der Waals surface area contributed by atoms with Crippen LogP contribution in [0.15, 0.2) is 5.38 Å². The average molecular weight is 308 g/mol. The van der Waals surface area contributed by atoms with Gasteiger partial charge in [0, 0.05) is 17.6 Å². The van der Waals surface area contributed by atoms with Gasteiger partial charge in [0.15, 0.2) is 0 Å². The van der Waals surface area contributed by atoms with Crippen LogP contribution in [0.25, 0.3) is 0 Å². The van der Waals surface area contributed by atoms with Gasteiger partial charge >= 0.3 is 6.01 Å². The minimum atomic E-state index is 0.0230. The normalized spacial score (nSPS) is 12.0. The smallest absolute Gasteiger partial charge is 0.322 e. The molecule has 0 radical (unpaired) electrons. The van der Waals surface area contributed by atoms with Gasteiger partial charge < -0.3 is 15.4 Å². The molecule has 8 heteroatoms. The molecule has 0 aliphatic rings. The molecule has 0 amide bonds. The van der Waals surface area contributed by atoms with Crippen LogP contribution in [0.4, 0.5) is 11.9 Å². The summed E-state index contributed by atoms with van der Waals surface area (Å²) in [6.07, 6.45) is 0.992. The number of ether oxygens (including phenoxy) is 1. The van der Waals surface area contributed by atoms with Gasteiger partial charge in [-0.1, -0.05) is 6.92 Å². The molecule has 0 saturated heterocycles. The number of hydrogen-bond donors (Lipinski definition) is 2. The second kappa shape index (κ2) is 7.16. The maximum Gasteiger partial charge on any atom is 0.322 e. The summed E-state index contributed by atoms with van der Waals surface area (Å²) in [5.41, 5.74) is 1.02. The third-order valence-electron chi connectivity index (χ3n) is 2.68. The van der Waals surface area contributed by atoms with E-state index in [0.29, 0.717) is 11.9 Å². The zero-order chi connectivity index (χ0) is 15.2. The van der Waals surface area contributed by atoms with Crippen molar-refractivity contribution in [1.82, 2.24) is 19.9 Å². The highest BCUT2D eigenvalue weighted by Gasteiger charge is 2.13. The molecule has 0 bridgehead atoms. The molecule has 0 fully saturated rings. The number of hydrogen-bond acceptors (Lipinski definition) is 8. The maximum absolute atomic E-state index is 5.11. The summed E-state index contributed by atoms with van der Waals surface area (Å²) in [6.45, 7) is 6.88. The Hall–Kier alpha value is -1.96. The van der Waals surface area contributed by atoms with Crippen molar-refractivity contribution in [3.8, 4) is 6.01 Å². The Kier molecular flexibility index (Phi) is 5.26. The third kappa shape index (κ3) is 4.25. The first-order chi connectivity index (χ1) is 10.1. The van der Waals surface area contributed by atoms with E-state index >= 15 is 0 Å². The molecule has 1 unspecified atom stereocenters. The number of anilines is 2. The monoisotopic (exact) mass is 308 g/mol. The number of rotatable bonds is 7. The van der Waals surface area contributed by atoms with Crippen LogP contribution in [0.5, 0.6) is 6.01 Å². The summed E-state index contributed by atoms with van der Waals surface area (Å²) in [6, 6.07) is 0.309. The highest BCUT2D eigenvalue weighted by molar-refractivity contribution is 7.09. The van der Waals surface area contributed by atoms with Crippen molar-refractivity contribution < 1.29 is 4.74 Å². The number of thiazole rings is 1. The average Bonchev–Trinajstić information content (AvgIpc) is 2.91. The molecular formula is C13H20N6OS. The van der Waals surface area contributed by atoms with Gasteiger partial charge in [0.05, 0.1) is 13.2 Å². The molecule has 1 atom stereocenters. The first kappa shape index (κ1) is 15.4. The van der Waals surface area contributed by atoms with Crippen molar-refractivity contribution in [2.75, 3.05) is 24.3 Å². The lowest BCUT2D eigenvalue weighted by molar-refractivity contribution is 0.379. The summed E-state index contributed by atoms with van der Waals surface area (Å²) in [7, 11) is 1.54. The number of aryl methyl sites for hydroxylation is 1. The molecular weight excluding hydrogens is 288 g/mol. The van der Waals surface area contributed by atoms with Crippen LogP contribution in [0.2, 0.25) is 0 Å². The third-order valence-corrected chi connectivity index (χ3v) is 3.83. The summed E-state index contributed by atoms with van der Waals surface area (Å²) in [4.78, 5) is 17.2. The molecule has 0 aliphatic heterocycles. The first-order valence-corrected chi connectivity index (χ1v) is 7.72. The highest BCUT2D eigenvalue weighted by Crippen LogP contribution is 2.21. The lowest BCUT2D eigenvalue weighted by Crippen LogP contribution is -2.13. The van der Waals surface area contributed by atoms with Crippen LogP contribution in [0.1, 0.15) is 37.0 Å². The Morgan fingerprint density at radius 3 is 2.62 bits per heavy atom. The Balaban J connectivity index is 2.14. The van der Waals surface area contributed by atoms with Crippen molar-refractivity contribution in [2.45, 2.75) is 33.2 Å². The van der Waals surface area contributed by atoms with E-state index in [1.807, 2.05) is 19.2 Å². The van der Waals surface area contributed by atoms with Crippen molar-refractivity contribution in [3.63, 3.8) is 0 Å². The fourth-order valence-corrected chi connectivity index (χ4v) is 2.46. The summed E-state index contributed by atoms with van der Waals surface area (Å²) >= 11 is 1.61. The largest absolute Gasteiger partial charge is 0.467 e. The zero-order valence-electron chi connectivity index (χ0n) is 12.7. The minimum absolute atomic E-state index is 0.0230. The molecule has 21 heavy (non-hydrogen) atoms. The topological polar surface area (TPSA) is 84.9 Å². The molecule has 114 valence electrons. The van der Waals surface area contributed by atoms with E-state index in [1.54, 1.807) is 11.3 Å². The molecule has 2 N–H and O–H groups in total. The lowest BCUT2D eigenvalue weighted by atomic mass is 10.3. The Morgan fingerprint density at radius 2 is 2.00 bits per heavy atom. The number of nitrogens with zero attached hydrogens (tertiary/aromatic N) is 4. The molecule has 0 aromatic carbocycles. The quantitative estimate of drug-likeness (QED) is 0.813. The van der Waals surface area contributed by atoms with E-state index in [0.717, 1.165) is 23.7 Å². The fourth-order valence-electron chi connectivity index (χ4n) is 1.65. The van der Waals surface area contributed by atoms with Gasteiger partial charge in [-0.2, -0.15) is 15.0 Å². The van der Waals surface area contributed by atoms with Gasteiger partial charge in [-0.05, 0) is 20.3 Å². The minimum Gasteiger partial charge on any atom is -0.467 e. The van der Waals surface area contributed by atoms with E-state index in [-0.39, 0.29) is 12.1 Å². The molecule has 0 aliphatic carbocycles. The SMILES string of the molecule is CCCNc1nc(NC(C)c2nc(C)cs2)nc(OC)n1. The second-order valence-electron chi connectivity index (χ2n) is 4.59. The predicted molar refractivity (Wildman–Crippen MR) is 84.0 cm³/mol. The molecule has 0 spiro atoms. The van der Waals surface area contributed by atoms with Crippen LogP contribution >= 0.6 is 11.3 Å². The summed E-state index contributed by atoms with van der Waals surface area (Å²) in [5, 5.41) is 9.38. The second-order valence-corrected chi connectivity index (χ2v) is 5.48. The van der Waals surface area contributed by atoms with Crippen LogP contribution < -0.4 is 15.4 Å². The van der Waals surface area contributed by atoms with Gasteiger partial charge in [0.2, 0.25) is 11.9 Å². The van der Waals surface area contributed by atoms with Gasteiger partial charge in [0.1, 0.15) is 5.01 Å². The van der Waals surface area contributed by atoms with Crippen molar-refractivity contribution in [3.05, 3.63) is 16.1 Å². The van der Waals surface area contributed by atoms with Crippen LogP contribution in [0.3, 0.4) is 0 Å². The molecule has 0 saturated carbocycles. The van der Waals surface area contributed by atoms with E-state index < -0.39 is 0 Å². The van der Waals surface area contributed by atoms with Crippen molar-refractivity contribution >= 4 is 23.2 Å². The number of methoxy groups -OCH3 is 1. The van der Waals surface area contributed by atoms with Crippen LogP contribution in [-0.4, -0.2) is 33.6 Å². The Labute approximate surface area is 128 Å². The van der Waals surface area contributed by atoms with Crippen molar-refractivity contribution in [2.24, 2.45) is 0 Å². The molecule has 7 nitrogen and oxygen atoms in total. The molecule has 2 rings (SSSR count). The molecule has 2 heterocycles. The van der Waals surface area contributed by atoms with Crippen LogP contribution in [-0.2, 0) is 0 Å². The number of nitrogens with one attached hydrogen (secondary N) is 2. The van der Waals surface area contributed by atoms with Gasteiger partial charge in [-0.3, -0.25) is 0 Å². The van der Waals surface area contributed by atoms with Gasteiger partial charge in [-0.15, -0.1) is 11.3 Å². The van der Waals surface area contributed by atoms with Crippen molar-refractivity contribution in [1.29, 1.82) is 0 Å².